The number of nitrogens with zero attached hydrogens (tertiary/aromatic N) is 1. The Labute approximate surface area is 118 Å². The molecule has 1 atom stereocenters. The predicted molar refractivity (Wildman–Crippen MR) is 78.3 cm³/mol. The van der Waals surface area contributed by atoms with Crippen LogP contribution in [0.4, 0.5) is 0 Å². The van der Waals surface area contributed by atoms with Crippen LogP contribution >= 0.6 is 11.3 Å². The Morgan fingerprint density at radius 3 is 2.37 bits per heavy atom. The Balaban J connectivity index is 2.79. The summed E-state index contributed by atoms with van der Waals surface area (Å²) in [6, 6.07) is 3.01. The van der Waals surface area contributed by atoms with Crippen molar-refractivity contribution >= 4 is 23.0 Å². The molecule has 0 aliphatic heterocycles. The Hall–Kier alpha value is -1.20. The number of Topliss-reactive ketones (excluding diaryl/α,β-unsaturated/α-hetero) is 1. The zero-order chi connectivity index (χ0) is 14.6. The van der Waals surface area contributed by atoms with E-state index in [9.17, 15) is 9.59 Å². The van der Waals surface area contributed by atoms with Gasteiger partial charge in [0.25, 0.3) is 0 Å². The fourth-order valence-corrected chi connectivity index (χ4v) is 2.32. The van der Waals surface area contributed by atoms with Crippen molar-refractivity contribution in [2.24, 2.45) is 11.7 Å². The summed E-state index contributed by atoms with van der Waals surface area (Å²) in [4.78, 5) is 26.6. The van der Waals surface area contributed by atoms with Gasteiger partial charge in [-0.15, -0.1) is 11.3 Å². The van der Waals surface area contributed by atoms with Crippen LogP contribution in [0, 0.1) is 5.92 Å². The molecule has 19 heavy (non-hydrogen) atoms. The fourth-order valence-electron chi connectivity index (χ4n) is 1.66. The SMILES string of the molecule is CC(C)[C@H](N)C(=O)N(CC(=O)c1cccs1)C(C)C. The van der Waals surface area contributed by atoms with Crippen molar-refractivity contribution in [1.82, 2.24) is 4.90 Å². The fraction of sp³-hybridized carbons (Fsp3) is 0.571. The molecule has 0 spiro atoms. The summed E-state index contributed by atoms with van der Waals surface area (Å²) < 4.78 is 0. The Morgan fingerprint density at radius 2 is 1.95 bits per heavy atom. The van der Waals surface area contributed by atoms with Crippen LogP contribution in [0.5, 0.6) is 0 Å². The van der Waals surface area contributed by atoms with E-state index in [0.717, 1.165) is 0 Å². The first-order valence-electron chi connectivity index (χ1n) is 6.47. The van der Waals surface area contributed by atoms with Gasteiger partial charge in [-0.2, -0.15) is 0 Å². The second kappa shape index (κ2) is 6.82. The van der Waals surface area contributed by atoms with Crippen LogP contribution in [0.15, 0.2) is 17.5 Å². The lowest BCUT2D eigenvalue weighted by Crippen LogP contribution is -2.50. The highest BCUT2D eigenvalue weighted by atomic mass is 32.1. The van der Waals surface area contributed by atoms with Crippen LogP contribution in [0.2, 0.25) is 0 Å². The van der Waals surface area contributed by atoms with Gasteiger partial charge in [-0.05, 0) is 31.2 Å². The molecule has 0 fully saturated rings. The monoisotopic (exact) mass is 282 g/mol. The zero-order valence-corrected chi connectivity index (χ0v) is 12.7. The number of rotatable bonds is 6. The van der Waals surface area contributed by atoms with Gasteiger partial charge in [0.1, 0.15) is 0 Å². The number of nitrogens with two attached hydrogens (primary N) is 1. The first-order chi connectivity index (χ1) is 8.84. The van der Waals surface area contributed by atoms with E-state index in [4.69, 9.17) is 5.73 Å². The van der Waals surface area contributed by atoms with E-state index in [1.807, 2.05) is 39.1 Å². The first kappa shape index (κ1) is 15.9. The quantitative estimate of drug-likeness (QED) is 0.813. The van der Waals surface area contributed by atoms with E-state index in [-0.39, 0.29) is 30.2 Å². The molecule has 1 heterocycles. The third kappa shape index (κ3) is 4.14. The molecule has 0 aromatic carbocycles. The van der Waals surface area contributed by atoms with Crippen LogP contribution in [-0.2, 0) is 4.79 Å². The van der Waals surface area contributed by atoms with E-state index in [2.05, 4.69) is 0 Å². The third-order valence-electron chi connectivity index (χ3n) is 3.02. The third-order valence-corrected chi connectivity index (χ3v) is 3.93. The molecular formula is C14H22N2O2S. The summed E-state index contributed by atoms with van der Waals surface area (Å²) in [5.41, 5.74) is 5.89. The molecule has 1 aromatic heterocycles. The molecular weight excluding hydrogens is 260 g/mol. The lowest BCUT2D eigenvalue weighted by atomic mass is 10.0. The van der Waals surface area contributed by atoms with Crippen molar-refractivity contribution in [2.45, 2.75) is 39.8 Å². The summed E-state index contributed by atoms with van der Waals surface area (Å²) in [6.07, 6.45) is 0. The largest absolute Gasteiger partial charge is 0.331 e. The van der Waals surface area contributed by atoms with Gasteiger partial charge >= 0.3 is 0 Å². The number of thiophene rings is 1. The molecule has 0 aliphatic carbocycles. The number of carbonyl (C=O) groups is 2. The smallest absolute Gasteiger partial charge is 0.240 e. The number of ketones is 1. The highest BCUT2D eigenvalue weighted by Crippen LogP contribution is 2.13. The van der Waals surface area contributed by atoms with Gasteiger partial charge < -0.3 is 10.6 Å². The summed E-state index contributed by atoms with van der Waals surface area (Å²) >= 11 is 1.39. The maximum atomic E-state index is 12.3. The van der Waals surface area contributed by atoms with Crippen LogP contribution in [0.3, 0.4) is 0 Å². The molecule has 0 radical (unpaired) electrons. The van der Waals surface area contributed by atoms with Crippen molar-refractivity contribution in [3.8, 4) is 0 Å². The normalized spacial score (nSPS) is 12.8. The number of hydrogen-bond acceptors (Lipinski definition) is 4. The molecule has 0 unspecified atom stereocenters. The maximum Gasteiger partial charge on any atom is 0.240 e. The number of hydrogen-bond donors (Lipinski definition) is 1. The van der Waals surface area contributed by atoms with E-state index < -0.39 is 6.04 Å². The minimum Gasteiger partial charge on any atom is -0.331 e. The van der Waals surface area contributed by atoms with Crippen LogP contribution in [-0.4, -0.2) is 35.2 Å². The molecule has 2 N–H and O–H groups in total. The van der Waals surface area contributed by atoms with Gasteiger partial charge in [0.15, 0.2) is 5.78 Å². The minimum atomic E-state index is -0.557. The van der Waals surface area contributed by atoms with Gasteiger partial charge in [-0.3, -0.25) is 9.59 Å². The van der Waals surface area contributed by atoms with Crippen LogP contribution in [0.25, 0.3) is 0 Å². The van der Waals surface area contributed by atoms with Gasteiger partial charge in [0.05, 0.1) is 17.5 Å². The summed E-state index contributed by atoms with van der Waals surface area (Å²) in [6.45, 7) is 7.70. The molecule has 106 valence electrons. The van der Waals surface area contributed by atoms with Gasteiger partial charge in [0, 0.05) is 6.04 Å². The molecule has 1 aromatic rings. The Kier molecular flexibility index (Phi) is 5.69. The van der Waals surface area contributed by atoms with Gasteiger partial charge in [-0.25, -0.2) is 0 Å². The molecule has 0 saturated carbocycles. The Bertz CT molecular complexity index is 427. The second-order valence-electron chi connectivity index (χ2n) is 5.23. The van der Waals surface area contributed by atoms with Crippen LogP contribution < -0.4 is 5.73 Å². The molecule has 1 amide bonds. The molecule has 0 aliphatic rings. The van der Waals surface area contributed by atoms with Crippen molar-refractivity contribution in [3.63, 3.8) is 0 Å². The summed E-state index contributed by atoms with van der Waals surface area (Å²) in [5, 5.41) is 1.86. The van der Waals surface area contributed by atoms with Crippen molar-refractivity contribution < 1.29 is 9.59 Å². The highest BCUT2D eigenvalue weighted by Gasteiger charge is 2.27. The standard InChI is InChI=1S/C14H22N2O2S/c1-9(2)13(15)14(18)16(10(3)4)8-11(17)12-6-5-7-19-12/h5-7,9-10,13H,8,15H2,1-4H3/t13-/m0/s1. The average molecular weight is 282 g/mol. The van der Waals surface area contributed by atoms with Gasteiger partial charge in [0.2, 0.25) is 5.91 Å². The van der Waals surface area contributed by atoms with Crippen molar-refractivity contribution in [2.75, 3.05) is 6.54 Å². The van der Waals surface area contributed by atoms with E-state index >= 15 is 0 Å². The number of carbonyl (C=O) groups excluding carboxylic acids is 2. The minimum absolute atomic E-state index is 0.0343. The average Bonchev–Trinajstić information content (AvgIpc) is 2.87. The first-order valence-corrected chi connectivity index (χ1v) is 7.35. The van der Waals surface area contributed by atoms with E-state index in [1.54, 1.807) is 11.0 Å². The van der Waals surface area contributed by atoms with E-state index in [0.29, 0.717) is 4.88 Å². The lowest BCUT2D eigenvalue weighted by molar-refractivity contribution is -0.134. The lowest BCUT2D eigenvalue weighted by Gasteiger charge is -2.29. The van der Waals surface area contributed by atoms with Crippen LogP contribution in [0.1, 0.15) is 37.4 Å². The predicted octanol–water partition coefficient (Wildman–Crippen LogP) is 2.15. The summed E-state index contributed by atoms with van der Waals surface area (Å²) in [5.74, 6) is -0.131. The summed E-state index contributed by atoms with van der Waals surface area (Å²) in [7, 11) is 0. The molecule has 1 rings (SSSR count). The molecule has 5 heteroatoms. The maximum absolute atomic E-state index is 12.3. The molecule has 0 saturated heterocycles. The highest BCUT2D eigenvalue weighted by molar-refractivity contribution is 7.12. The molecule has 4 nitrogen and oxygen atoms in total. The zero-order valence-electron chi connectivity index (χ0n) is 11.9. The molecule has 0 bridgehead atoms. The topological polar surface area (TPSA) is 63.4 Å². The Morgan fingerprint density at radius 1 is 1.32 bits per heavy atom. The van der Waals surface area contributed by atoms with Gasteiger partial charge in [-0.1, -0.05) is 19.9 Å². The van der Waals surface area contributed by atoms with Crippen molar-refractivity contribution in [1.29, 1.82) is 0 Å². The van der Waals surface area contributed by atoms with Crippen molar-refractivity contribution in [3.05, 3.63) is 22.4 Å². The second-order valence-corrected chi connectivity index (χ2v) is 6.18. The van der Waals surface area contributed by atoms with E-state index in [1.165, 1.54) is 11.3 Å². The number of amides is 1.